The molecule has 0 saturated carbocycles. The lowest BCUT2D eigenvalue weighted by molar-refractivity contribution is 0.0437. The number of hydrogen-bond donors (Lipinski definition) is 1. The van der Waals surface area contributed by atoms with Crippen LogP contribution in [0.2, 0.25) is 10.0 Å². The second-order valence-corrected chi connectivity index (χ2v) is 4.96. The Kier molecular flexibility index (Phi) is 3.09. The lowest BCUT2D eigenvalue weighted by Gasteiger charge is -2.14. The van der Waals surface area contributed by atoms with Crippen molar-refractivity contribution in [1.29, 1.82) is 0 Å². The summed E-state index contributed by atoms with van der Waals surface area (Å²) < 4.78 is 5.28. The normalized spacial score (nSPS) is 16.9. The molecule has 0 fully saturated rings. The van der Waals surface area contributed by atoms with E-state index in [1.807, 2.05) is 18.2 Å². The fourth-order valence-electron chi connectivity index (χ4n) is 1.99. The summed E-state index contributed by atoms with van der Waals surface area (Å²) in [5.41, 5.74) is 2.14. The van der Waals surface area contributed by atoms with Crippen LogP contribution in [0.1, 0.15) is 22.1 Å². The van der Waals surface area contributed by atoms with Gasteiger partial charge in [-0.15, -0.1) is 0 Å². The Bertz CT molecular complexity index is 658. The summed E-state index contributed by atoms with van der Waals surface area (Å²) in [7, 11) is 0. The van der Waals surface area contributed by atoms with Crippen molar-refractivity contribution in [2.45, 2.75) is 6.23 Å². The van der Waals surface area contributed by atoms with Gasteiger partial charge in [0.1, 0.15) is 0 Å². The number of nitrogens with one attached hydrogen (secondary N) is 1. The van der Waals surface area contributed by atoms with Crippen LogP contribution in [0.25, 0.3) is 0 Å². The van der Waals surface area contributed by atoms with Crippen molar-refractivity contribution in [2.24, 2.45) is 0 Å². The summed E-state index contributed by atoms with van der Waals surface area (Å²) in [6, 6.07) is 12.4. The third-order valence-corrected chi connectivity index (χ3v) is 3.64. The van der Waals surface area contributed by atoms with Gasteiger partial charge in [-0.25, -0.2) is 4.79 Å². The molecule has 0 spiro atoms. The molecule has 1 aliphatic rings. The molecular weight excluding hydrogens is 285 g/mol. The topological polar surface area (TPSA) is 38.3 Å². The first-order chi connectivity index (χ1) is 9.15. The SMILES string of the molecule is O=C1OC(Nc2ccc(Cl)c(Cl)c2)c2ccccc21. The number of halogens is 2. The number of benzene rings is 2. The zero-order chi connectivity index (χ0) is 13.4. The first kappa shape index (κ1) is 12.3. The largest absolute Gasteiger partial charge is 0.434 e. The molecule has 96 valence electrons. The van der Waals surface area contributed by atoms with E-state index in [2.05, 4.69) is 5.32 Å². The number of hydrogen-bond acceptors (Lipinski definition) is 3. The molecule has 5 heteroatoms. The van der Waals surface area contributed by atoms with Gasteiger partial charge < -0.3 is 10.1 Å². The van der Waals surface area contributed by atoms with Crippen molar-refractivity contribution < 1.29 is 9.53 Å². The molecule has 2 aromatic rings. The predicted molar refractivity (Wildman–Crippen MR) is 74.7 cm³/mol. The first-order valence-electron chi connectivity index (χ1n) is 5.66. The van der Waals surface area contributed by atoms with Crippen LogP contribution in [-0.4, -0.2) is 5.97 Å². The third kappa shape index (κ3) is 2.27. The van der Waals surface area contributed by atoms with Crippen LogP contribution in [0.3, 0.4) is 0 Å². The van der Waals surface area contributed by atoms with Gasteiger partial charge in [0.25, 0.3) is 0 Å². The molecule has 1 N–H and O–H groups in total. The Morgan fingerprint density at radius 2 is 1.84 bits per heavy atom. The van der Waals surface area contributed by atoms with Crippen LogP contribution >= 0.6 is 23.2 Å². The molecule has 0 bridgehead atoms. The molecule has 3 nitrogen and oxygen atoms in total. The lowest BCUT2D eigenvalue weighted by Crippen LogP contribution is -2.10. The van der Waals surface area contributed by atoms with E-state index in [-0.39, 0.29) is 5.97 Å². The minimum Gasteiger partial charge on any atom is -0.434 e. The number of ether oxygens (including phenoxy) is 1. The number of carbonyl (C=O) groups is 1. The predicted octanol–water partition coefficient (Wildman–Crippen LogP) is 4.27. The molecule has 1 aliphatic heterocycles. The van der Waals surface area contributed by atoms with Crippen LogP contribution in [0, 0.1) is 0 Å². The summed E-state index contributed by atoms with van der Waals surface area (Å²) in [5.74, 6) is -0.326. The molecule has 1 atom stereocenters. The van der Waals surface area contributed by atoms with E-state index in [1.54, 1.807) is 24.3 Å². The minimum atomic E-state index is -0.499. The van der Waals surface area contributed by atoms with Crippen molar-refractivity contribution in [3.8, 4) is 0 Å². The van der Waals surface area contributed by atoms with Gasteiger partial charge in [0.05, 0.1) is 15.6 Å². The van der Waals surface area contributed by atoms with Gasteiger partial charge in [-0.1, -0.05) is 41.4 Å². The maximum absolute atomic E-state index is 11.7. The van der Waals surface area contributed by atoms with Crippen LogP contribution in [0.4, 0.5) is 5.69 Å². The number of cyclic esters (lactones) is 1. The van der Waals surface area contributed by atoms with Gasteiger partial charge in [-0.05, 0) is 24.3 Å². The fraction of sp³-hybridized carbons (Fsp3) is 0.0714. The molecular formula is C14H9Cl2NO2. The number of rotatable bonds is 2. The van der Waals surface area contributed by atoms with Crippen molar-refractivity contribution in [3.63, 3.8) is 0 Å². The van der Waals surface area contributed by atoms with E-state index in [9.17, 15) is 4.79 Å². The van der Waals surface area contributed by atoms with Crippen molar-refractivity contribution in [2.75, 3.05) is 5.32 Å². The average Bonchev–Trinajstić information content (AvgIpc) is 2.72. The van der Waals surface area contributed by atoms with E-state index in [4.69, 9.17) is 27.9 Å². The summed E-state index contributed by atoms with van der Waals surface area (Å²) in [6.07, 6.45) is -0.499. The number of esters is 1. The van der Waals surface area contributed by atoms with Crippen LogP contribution < -0.4 is 5.32 Å². The quantitative estimate of drug-likeness (QED) is 0.840. The zero-order valence-electron chi connectivity index (χ0n) is 9.69. The van der Waals surface area contributed by atoms with Crippen molar-refractivity contribution in [1.82, 2.24) is 0 Å². The molecule has 2 aromatic carbocycles. The third-order valence-electron chi connectivity index (χ3n) is 2.91. The maximum Gasteiger partial charge on any atom is 0.340 e. The highest BCUT2D eigenvalue weighted by atomic mass is 35.5. The summed E-state index contributed by atoms with van der Waals surface area (Å²) in [4.78, 5) is 11.7. The Hall–Kier alpha value is -1.71. The van der Waals surface area contributed by atoms with Crippen molar-refractivity contribution >= 4 is 34.9 Å². The summed E-state index contributed by atoms with van der Waals surface area (Å²) >= 11 is 11.8. The second-order valence-electron chi connectivity index (χ2n) is 4.15. The highest BCUT2D eigenvalue weighted by Gasteiger charge is 2.30. The molecule has 3 rings (SSSR count). The first-order valence-corrected chi connectivity index (χ1v) is 6.42. The molecule has 0 saturated heterocycles. The fourth-order valence-corrected chi connectivity index (χ4v) is 2.29. The monoisotopic (exact) mass is 293 g/mol. The van der Waals surface area contributed by atoms with Crippen LogP contribution in [-0.2, 0) is 4.74 Å². The van der Waals surface area contributed by atoms with E-state index >= 15 is 0 Å². The van der Waals surface area contributed by atoms with E-state index in [1.165, 1.54) is 0 Å². The second kappa shape index (κ2) is 4.76. The Morgan fingerprint density at radius 1 is 1.05 bits per heavy atom. The highest BCUT2D eigenvalue weighted by Crippen LogP contribution is 2.33. The molecule has 0 aromatic heterocycles. The Labute approximate surface area is 120 Å². The molecule has 1 unspecified atom stereocenters. The van der Waals surface area contributed by atoms with Crippen LogP contribution in [0.15, 0.2) is 42.5 Å². The van der Waals surface area contributed by atoms with E-state index < -0.39 is 6.23 Å². The zero-order valence-corrected chi connectivity index (χ0v) is 11.2. The van der Waals surface area contributed by atoms with Gasteiger partial charge >= 0.3 is 5.97 Å². The van der Waals surface area contributed by atoms with Crippen LogP contribution in [0.5, 0.6) is 0 Å². The Balaban J connectivity index is 1.89. The van der Waals surface area contributed by atoms with Gasteiger partial charge in [0.2, 0.25) is 6.23 Å². The number of fused-ring (bicyclic) bond motifs is 1. The molecule has 19 heavy (non-hydrogen) atoms. The number of anilines is 1. The van der Waals surface area contributed by atoms with Gasteiger partial charge in [-0.3, -0.25) is 0 Å². The Morgan fingerprint density at radius 3 is 2.63 bits per heavy atom. The summed E-state index contributed by atoms with van der Waals surface area (Å²) in [5, 5.41) is 4.04. The summed E-state index contributed by atoms with van der Waals surface area (Å²) in [6.45, 7) is 0. The van der Waals surface area contributed by atoms with E-state index in [0.29, 0.717) is 15.6 Å². The highest BCUT2D eigenvalue weighted by molar-refractivity contribution is 6.42. The standard InChI is InChI=1S/C14H9Cl2NO2/c15-11-6-5-8(7-12(11)16)17-13-9-3-1-2-4-10(9)14(18)19-13/h1-7,13,17H. The average molecular weight is 294 g/mol. The molecule has 0 amide bonds. The maximum atomic E-state index is 11.7. The van der Waals surface area contributed by atoms with Gasteiger partial charge in [0, 0.05) is 11.3 Å². The smallest absolute Gasteiger partial charge is 0.340 e. The number of carbonyl (C=O) groups excluding carboxylic acids is 1. The molecule has 0 radical (unpaired) electrons. The lowest BCUT2D eigenvalue weighted by atomic mass is 10.1. The van der Waals surface area contributed by atoms with Crippen molar-refractivity contribution in [3.05, 3.63) is 63.6 Å². The van der Waals surface area contributed by atoms with Gasteiger partial charge in [0.15, 0.2) is 0 Å². The molecule has 0 aliphatic carbocycles. The molecule has 1 heterocycles. The van der Waals surface area contributed by atoms with Gasteiger partial charge in [-0.2, -0.15) is 0 Å². The minimum absolute atomic E-state index is 0.326. The van der Waals surface area contributed by atoms with E-state index in [0.717, 1.165) is 11.3 Å².